The maximum atomic E-state index is 5.43. The van der Waals surface area contributed by atoms with Crippen LogP contribution in [0.4, 0.5) is 0 Å². The molecule has 0 radical (unpaired) electrons. The van der Waals surface area contributed by atoms with Crippen molar-refractivity contribution >= 4 is 0 Å². The fourth-order valence-corrected chi connectivity index (χ4v) is 1.30. The van der Waals surface area contributed by atoms with E-state index in [0.29, 0.717) is 30.5 Å². The molecule has 0 aliphatic carbocycles. The zero-order chi connectivity index (χ0) is 13.2. The molecule has 0 unspecified atom stereocenters. The second-order valence-corrected chi connectivity index (χ2v) is 4.29. The van der Waals surface area contributed by atoms with Crippen molar-refractivity contribution in [2.24, 2.45) is 5.73 Å². The van der Waals surface area contributed by atoms with Gasteiger partial charge in [0.25, 0.3) is 5.89 Å². The lowest BCUT2D eigenvalue weighted by Crippen LogP contribution is -2.21. The molecule has 0 saturated heterocycles. The van der Waals surface area contributed by atoms with Crippen LogP contribution in [0.5, 0.6) is 0 Å². The lowest BCUT2D eigenvalue weighted by Gasteiger charge is -2.17. The van der Waals surface area contributed by atoms with Crippen molar-refractivity contribution < 1.29 is 9.26 Å². The molecule has 0 saturated carbocycles. The summed E-state index contributed by atoms with van der Waals surface area (Å²) in [6, 6.07) is 0. The third-order valence-electron chi connectivity index (χ3n) is 2.59. The van der Waals surface area contributed by atoms with Crippen molar-refractivity contribution in [2.45, 2.75) is 26.0 Å². The lowest BCUT2D eigenvalue weighted by molar-refractivity contribution is 0.00973. The van der Waals surface area contributed by atoms with Crippen LogP contribution in [0.3, 0.4) is 0 Å². The van der Waals surface area contributed by atoms with Gasteiger partial charge in [0, 0.05) is 13.7 Å². The van der Waals surface area contributed by atoms with E-state index >= 15 is 0 Å². The molecule has 0 amide bonds. The number of aromatic nitrogens is 5. The van der Waals surface area contributed by atoms with Crippen molar-refractivity contribution in [1.82, 2.24) is 25.1 Å². The number of methoxy groups -OCH3 is 1. The number of ether oxygens (including phenoxy) is 1. The normalized spacial score (nSPS) is 12.0. The fourth-order valence-electron chi connectivity index (χ4n) is 1.30. The Balaban J connectivity index is 2.23. The quantitative estimate of drug-likeness (QED) is 0.808. The highest BCUT2D eigenvalue weighted by atomic mass is 16.5. The molecule has 2 heterocycles. The van der Waals surface area contributed by atoms with Crippen molar-refractivity contribution in [2.75, 3.05) is 13.7 Å². The summed E-state index contributed by atoms with van der Waals surface area (Å²) in [6.07, 6.45) is 1.71. The number of rotatable bonds is 5. The first kappa shape index (κ1) is 12.7. The van der Waals surface area contributed by atoms with Crippen LogP contribution in [0.2, 0.25) is 0 Å². The third kappa shape index (κ3) is 2.39. The van der Waals surface area contributed by atoms with Gasteiger partial charge in [0.1, 0.15) is 5.60 Å². The summed E-state index contributed by atoms with van der Waals surface area (Å²) < 4.78 is 12.0. The molecular weight excluding hydrogens is 236 g/mol. The highest BCUT2D eigenvalue weighted by molar-refractivity contribution is 5.43. The maximum absolute atomic E-state index is 5.43. The summed E-state index contributed by atoms with van der Waals surface area (Å²) in [7, 11) is 1.59. The summed E-state index contributed by atoms with van der Waals surface area (Å²) in [4.78, 5) is 4.25. The minimum Gasteiger partial charge on any atom is -0.371 e. The van der Waals surface area contributed by atoms with Crippen LogP contribution in [0, 0.1) is 0 Å². The average molecular weight is 252 g/mol. The first-order valence-corrected chi connectivity index (χ1v) is 5.56. The second-order valence-electron chi connectivity index (χ2n) is 4.29. The predicted molar refractivity (Wildman–Crippen MR) is 62.4 cm³/mol. The van der Waals surface area contributed by atoms with Crippen molar-refractivity contribution in [3.05, 3.63) is 12.0 Å². The molecule has 18 heavy (non-hydrogen) atoms. The molecule has 2 aromatic rings. The van der Waals surface area contributed by atoms with Crippen molar-refractivity contribution in [1.29, 1.82) is 0 Å². The Labute approximate surface area is 104 Å². The van der Waals surface area contributed by atoms with E-state index in [0.717, 1.165) is 0 Å². The smallest absolute Gasteiger partial charge is 0.280 e. The van der Waals surface area contributed by atoms with E-state index in [-0.39, 0.29) is 0 Å². The first-order valence-electron chi connectivity index (χ1n) is 5.56. The summed E-state index contributed by atoms with van der Waals surface area (Å²) in [5, 5.41) is 11.7. The molecule has 0 spiro atoms. The Bertz CT molecular complexity index is 518. The number of nitrogens with two attached hydrogens (primary N) is 1. The van der Waals surface area contributed by atoms with Crippen LogP contribution in [-0.4, -0.2) is 38.8 Å². The molecule has 2 N–H and O–H groups in total. The minimum absolute atomic E-state index is 0.318. The predicted octanol–water partition coefficient (Wildman–Crippen LogP) is 0.168. The number of hydrogen-bond donors (Lipinski definition) is 1. The Hall–Kier alpha value is -1.80. The molecule has 0 atom stereocenters. The van der Waals surface area contributed by atoms with Crippen LogP contribution in [0.15, 0.2) is 10.7 Å². The monoisotopic (exact) mass is 252 g/mol. The molecule has 0 aromatic carbocycles. The van der Waals surface area contributed by atoms with Gasteiger partial charge in [-0.3, -0.25) is 4.68 Å². The molecular formula is C10H16N6O2. The fraction of sp³-hybridized carbons (Fsp3) is 0.600. The molecule has 0 bridgehead atoms. The molecule has 98 valence electrons. The Morgan fingerprint density at radius 3 is 2.94 bits per heavy atom. The van der Waals surface area contributed by atoms with Gasteiger partial charge in [0.15, 0.2) is 5.69 Å². The van der Waals surface area contributed by atoms with Gasteiger partial charge in [-0.1, -0.05) is 10.4 Å². The SMILES string of the molecule is COC(C)(C)c1noc(-c2cn(CCN)nn2)n1. The number of nitrogens with zero attached hydrogens (tertiary/aromatic N) is 5. The Kier molecular flexibility index (Phi) is 3.39. The second kappa shape index (κ2) is 4.83. The van der Waals surface area contributed by atoms with Crippen LogP contribution in [0.1, 0.15) is 19.7 Å². The maximum Gasteiger partial charge on any atom is 0.280 e. The molecule has 2 rings (SSSR count). The van der Waals surface area contributed by atoms with Gasteiger partial charge in [0.2, 0.25) is 5.82 Å². The molecule has 8 nitrogen and oxygen atoms in total. The van der Waals surface area contributed by atoms with E-state index < -0.39 is 5.60 Å². The standard InChI is InChI=1S/C10H16N6O2/c1-10(2,17-3)9-12-8(18-14-9)7-6-16(5-4-11)15-13-7/h6H,4-5,11H2,1-3H3. The minimum atomic E-state index is -0.602. The van der Waals surface area contributed by atoms with Gasteiger partial charge in [-0.25, -0.2) is 0 Å². The highest BCUT2D eigenvalue weighted by Crippen LogP contribution is 2.23. The van der Waals surface area contributed by atoms with Gasteiger partial charge in [-0.2, -0.15) is 4.98 Å². The van der Waals surface area contributed by atoms with Crippen LogP contribution < -0.4 is 5.73 Å². The first-order chi connectivity index (χ1) is 8.56. The van der Waals surface area contributed by atoms with Gasteiger partial charge >= 0.3 is 0 Å². The Morgan fingerprint density at radius 2 is 2.28 bits per heavy atom. The average Bonchev–Trinajstić information content (AvgIpc) is 2.97. The Morgan fingerprint density at radius 1 is 1.50 bits per heavy atom. The zero-order valence-electron chi connectivity index (χ0n) is 10.6. The summed E-state index contributed by atoms with van der Waals surface area (Å²) in [5.74, 6) is 0.784. The highest BCUT2D eigenvalue weighted by Gasteiger charge is 2.27. The third-order valence-corrected chi connectivity index (χ3v) is 2.59. The van der Waals surface area contributed by atoms with Crippen molar-refractivity contribution in [3.63, 3.8) is 0 Å². The van der Waals surface area contributed by atoms with E-state index in [9.17, 15) is 0 Å². The topological polar surface area (TPSA) is 105 Å². The molecule has 2 aromatic heterocycles. The summed E-state index contributed by atoms with van der Waals surface area (Å²) >= 11 is 0. The molecule has 8 heteroatoms. The van der Waals surface area contributed by atoms with E-state index in [1.807, 2.05) is 13.8 Å². The number of hydrogen-bond acceptors (Lipinski definition) is 7. The van der Waals surface area contributed by atoms with Crippen molar-refractivity contribution in [3.8, 4) is 11.6 Å². The van der Waals surface area contributed by atoms with Crippen LogP contribution >= 0.6 is 0 Å². The van der Waals surface area contributed by atoms with Gasteiger partial charge in [-0.05, 0) is 13.8 Å². The van der Waals surface area contributed by atoms with Gasteiger partial charge < -0.3 is 15.0 Å². The van der Waals surface area contributed by atoms with Crippen LogP contribution in [0.25, 0.3) is 11.6 Å². The molecule has 0 aliphatic rings. The zero-order valence-corrected chi connectivity index (χ0v) is 10.6. The van der Waals surface area contributed by atoms with E-state index in [2.05, 4.69) is 20.5 Å². The van der Waals surface area contributed by atoms with Gasteiger partial charge in [-0.15, -0.1) is 5.10 Å². The van der Waals surface area contributed by atoms with E-state index in [1.165, 1.54) is 0 Å². The van der Waals surface area contributed by atoms with E-state index in [1.54, 1.807) is 18.0 Å². The van der Waals surface area contributed by atoms with Gasteiger partial charge in [0.05, 0.1) is 12.7 Å². The van der Waals surface area contributed by atoms with E-state index in [4.69, 9.17) is 15.0 Å². The molecule has 0 fully saturated rings. The largest absolute Gasteiger partial charge is 0.371 e. The summed E-state index contributed by atoms with van der Waals surface area (Å²) in [5.41, 5.74) is 5.35. The van der Waals surface area contributed by atoms with Crippen LogP contribution in [-0.2, 0) is 16.9 Å². The molecule has 0 aliphatic heterocycles. The summed E-state index contributed by atoms with van der Waals surface area (Å²) in [6.45, 7) is 4.80. The lowest BCUT2D eigenvalue weighted by atomic mass is 10.1.